The summed E-state index contributed by atoms with van der Waals surface area (Å²) >= 11 is 12.9. The molecule has 1 heterocycles. The Morgan fingerprint density at radius 1 is 1.45 bits per heavy atom. The summed E-state index contributed by atoms with van der Waals surface area (Å²) in [5.41, 5.74) is 0.760. The first kappa shape index (κ1) is 17.5. The van der Waals surface area contributed by atoms with Crippen molar-refractivity contribution in [3.63, 3.8) is 0 Å². The first-order valence-electron chi connectivity index (χ1n) is 5.83. The lowest BCUT2D eigenvalue weighted by molar-refractivity contribution is -0.140. The third kappa shape index (κ3) is 3.70. The molecule has 0 aliphatic carbocycles. The van der Waals surface area contributed by atoms with Crippen molar-refractivity contribution >= 4 is 78.1 Å². The fourth-order valence-corrected chi connectivity index (χ4v) is 4.58. The van der Waals surface area contributed by atoms with Crippen LogP contribution >= 0.6 is 55.8 Å². The van der Waals surface area contributed by atoms with E-state index in [1.807, 2.05) is 0 Å². The van der Waals surface area contributed by atoms with Crippen molar-refractivity contribution in [2.45, 2.75) is 0 Å². The minimum atomic E-state index is -1.10. The second kappa shape index (κ2) is 7.12. The van der Waals surface area contributed by atoms with Gasteiger partial charge in [0.25, 0.3) is 5.91 Å². The molecule has 1 N–H and O–H groups in total. The summed E-state index contributed by atoms with van der Waals surface area (Å²) in [6.07, 6.45) is 1.66. The topological polar surface area (TPSA) is 66.8 Å². The van der Waals surface area contributed by atoms with E-state index in [1.54, 1.807) is 25.3 Å². The van der Waals surface area contributed by atoms with Gasteiger partial charge in [0.05, 0.1) is 21.0 Å². The zero-order valence-electron chi connectivity index (χ0n) is 11.1. The molecular formula is C13H9Br2NO4S2. The summed E-state index contributed by atoms with van der Waals surface area (Å²) in [4.78, 5) is 24.4. The molecule has 0 spiro atoms. The van der Waals surface area contributed by atoms with Crippen molar-refractivity contribution in [3.8, 4) is 5.75 Å². The van der Waals surface area contributed by atoms with E-state index in [1.165, 1.54) is 0 Å². The van der Waals surface area contributed by atoms with Crippen molar-refractivity contribution in [2.75, 3.05) is 13.7 Å². The molecule has 1 aliphatic heterocycles. The Balaban J connectivity index is 2.33. The number of thiocarbonyl (C=S) groups is 1. The van der Waals surface area contributed by atoms with Gasteiger partial charge in [-0.25, -0.2) is 0 Å². The number of carbonyl (C=O) groups excluding carboxylic acids is 1. The number of hydrogen-bond acceptors (Lipinski definition) is 5. The van der Waals surface area contributed by atoms with E-state index in [0.717, 1.165) is 31.2 Å². The molecule has 0 unspecified atom stereocenters. The molecule has 0 bridgehead atoms. The Hall–Kier alpha value is -0.900. The fourth-order valence-electron chi connectivity index (χ4n) is 1.78. The zero-order valence-corrected chi connectivity index (χ0v) is 15.9. The predicted octanol–water partition coefficient (Wildman–Crippen LogP) is 3.51. The number of amides is 1. The smallest absolute Gasteiger partial charge is 0.323 e. The van der Waals surface area contributed by atoms with Gasteiger partial charge >= 0.3 is 5.97 Å². The first-order chi connectivity index (χ1) is 10.3. The van der Waals surface area contributed by atoms with Crippen molar-refractivity contribution in [2.24, 2.45) is 0 Å². The van der Waals surface area contributed by atoms with Gasteiger partial charge in [0, 0.05) is 0 Å². The van der Waals surface area contributed by atoms with Crippen LogP contribution in [0.3, 0.4) is 0 Å². The maximum atomic E-state index is 12.2. The third-order valence-electron chi connectivity index (χ3n) is 2.69. The molecule has 0 saturated carbocycles. The second-order valence-electron chi connectivity index (χ2n) is 4.18. The summed E-state index contributed by atoms with van der Waals surface area (Å²) in [6.45, 7) is -0.433. The number of benzene rings is 1. The van der Waals surface area contributed by atoms with Gasteiger partial charge in [0.2, 0.25) is 0 Å². The molecule has 22 heavy (non-hydrogen) atoms. The van der Waals surface area contributed by atoms with E-state index in [4.69, 9.17) is 22.1 Å². The molecule has 5 nitrogen and oxygen atoms in total. The number of carbonyl (C=O) groups is 2. The molecule has 0 aromatic heterocycles. The Morgan fingerprint density at radius 3 is 2.55 bits per heavy atom. The maximum absolute atomic E-state index is 12.2. The molecule has 1 fully saturated rings. The largest absolute Gasteiger partial charge is 0.494 e. The highest BCUT2D eigenvalue weighted by Crippen LogP contribution is 2.37. The van der Waals surface area contributed by atoms with E-state index >= 15 is 0 Å². The normalized spacial score (nSPS) is 16.5. The van der Waals surface area contributed by atoms with Crippen LogP contribution in [0.1, 0.15) is 5.56 Å². The van der Waals surface area contributed by atoms with E-state index < -0.39 is 18.4 Å². The van der Waals surface area contributed by atoms with Gasteiger partial charge in [-0.05, 0) is 55.6 Å². The lowest BCUT2D eigenvalue weighted by Gasteiger charge is -2.10. The predicted molar refractivity (Wildman–Crippen MR) is 95.9 cm³/mol. The molecule has 116 valence electrons. The van der Waals surface area contributed by atoms with Crippen LogP contribution in [0.2, 0.25) is 0 Å². The summed E-state index contributed by atoms with van der Waals surface area (Å²) in [5.74, 6) is -0.858. The van der Waals surface area contributed by atoms with Gasteiger partial charge in [-0.3, -0.25) is 14.5 Å². The highest BCUT2D eigenvalue weighted by atomic mass is 79.9. The lowest BCUT2D eigenvalue weighted by Crippen LogP contribution is -2.33. The molecule has 1 saturated heterocycles. The number of carboxylic acid groups (broad SMARTS) is 1. The van der Waals surface area contributed by atoms with Crippen LogP contribution in [0, 0.1) is 0 Å². The fraction of sp³-hybridized carbons (Fsp3) is 0.154. The Labute approximate surface area is 152 Å². The van der Waals surface area contributed by atoms with Crippen molar-refractivity contribution in [1.82, 2.24) is 4.90 Å². The summed E-state index contributed by atoms with van der Waals surface area (Å²) in [7, 11) is 1.56. The van der Waals surface area contributed by atoms with Gasteiger partial charge in [0.1, 0.15) is 16.6 Å². The molecule has 1 aliphatic rings. The maximum Gasteiger partial charge on any atom is 0.323 e. The summed E-state index contributed by atoms with van der Waals surface area (Å²) < 4.78 is 6.93. The number of methoxy groups -OCH3 is 1. The molecule has 1 amide bonds. The van der Waals surface area contributed by atoms with Crippen LogP contribution in [-0.4, -0.2) is 39.9 Å². The molecule has 2 rings (SSSR count). The van der Waals surface area contributed by atoms with Crippen molar-refractivity contribution in [3.05, 3.63) is 31.5 Å². The zero-order chi connectivity index (χ0) is 16.4. The van der Waals surface area contributed by atoms with E-state index in [9.17, 15) is 9.59 Å². The van der Waals surface area contributed by atoms with Crippen LogP contribution in [0.5, 0.6) is 5.75 Å². The molecule has 1 aromatic rings. The van der Waals surface area contributed by atoms with Crippen LogP contribution in [0.15, 0.2) is 26.0 Å². The van der Waals surface area contributed by atoms with Crippen LogP contribution in [0.4, 0.5) is 0 Å². The number of carboxylic acids is 1. The number of halogens is 2. The van der Waals surface area contributed by atoms with E-state index in [0.29, 0.717) is 10.7 Å². The molecule has 0 atom stereocenters. The number of hydrogen-bond donors (Lipinski definition) is 1. The third-order valence-corrected chi connectivity index (χ3v) is 5.25. The van der Waals surface area contributed by atoms with Crippen LogP contribution < -0.4 is 4.74 Å². The number of aliphatic carboxylic acids is 1. The molecule has 1 aromatic carbocycles. The standard InChI is InChI=1S/C13H9Br2NO4S2/c1-20-11-7(14)2-6(3-8(11)15)4-9-12(19)16(5-10(17)18)13(21)22-9/h2-4H,5H2,1H3,(H,17,18)/b9-4+. The number of rotatable bonds is 4. The SMILES string of the molecule is COc1c(Br)cc(/C=C2/SC(=S)N(CC(=O)O)C2=O)cc1Br. The van der Waals surface area contributed by atoms with E-state index in [2.05, 4.69) is 31.9 Å². The summed E-state index contributed by atoms with van der Waals surface area (Å²) in [5, 5.41) is 8.81. The molecule has 9 heteroatoms. The monoisotopic (exact) mass is 465 g/mol. The molecule has 0 radical (unpaired) electrons. The average Bonchev–Trinajstić information content (AvgIpc) is 2.66. The van der Waals surface area contributed by atoms with Gasteiger partial charge in [-0.1, -0.05) is 24.0 Å². The summed E-state index contributed by atoms with van der Waals surface area (Å²) in [6, 6.07) is 3.60. The second-order valence-corrected chi connectivity index (χ2v) is 7.56. The van der Waals surface area contributed by atoms with Gasteiger partial charge in [-0.2, -0.15) is 0 Å². The Kier molecular flexibility index (Phi) is 5.65. The number of ether oxygens (including phenoxy) is 1. The number of thioether (sulfide) groups is 1. The van der Waals surface area contributed by atoms with Crippen LogP contribution in [0.25, 0.3) is 6.08 Å². The quantitative estimate of drug-likeness (QED) is 0.541. The van der Waals surface area contributed by atoms with Crippen molar-refractivity contribution < 1.29 is 19.4 Å². The Morgan fingerprint density at radius 2 is 2.05 bits per heavy atom. The van der Waals surface area contributed by atoms with Crippen molar-refractivity contribution in [1.29, 1.82) is 0 Å². The first-order valence-corrected chi connectivity index (χ1v) is 8.64. The highest BCUT2D eigenvalue weighted by Gasteiger charge is 2.33. The minimum absolute atomic E-state index is 0.241. The lowest BCUT2D eigenvalue weighted by atomic mass is 10.2. The highest BCUT2D eigenvalue weighted by molar-refractivity contribution is 9.11. The van der Waals surface area contributed by atoms with E-state index in [-0.39, 0.29) is 4.32 Å². The van der Waals surface area contributed by atoms with Gasteiger partial charge in [0.15, 0.2) is 0 Å². The van der Waals surface area contributed by atoms with Crippen LogP contribution in [-0.2, 0) is 9.59 Å². The van der Waals surface area contributed by atoms with Gasteiger partial charge in [-0.15, -0.1) is 0 Å². The number of nitrogens with zero attached hydrogens (tertiary/aromatic N) is 1. The van der Waals surface area contributed by atoms with Gasteiger partial charge < -0.3 is 9.84 Å². The Bertz CT molecular complexity index is 682. The minimum Gasteiger partial charge on any atom is -0.494 e. The average molecular weight is 467 g/mol. The molecular weight excluding hydrogens is 458 g/mol.